The number of hydrogen-bond donors (Lipinski definition) is 1. The lowest BCUT2D eigenvalue weighted by Gasteiger charge is -2.01. The fourth-order valence-electron chi connectivity index (χ4n) is 2.00. The molecule has 1 aromatic carbocycles. The maximum absolute atomic E-state index is 5.71. The van der Waals surface area contributed by atoms with Crippen molar-refractivity contribution in [3.8, 4) is 0 Å². The number of fused-ring (bicyclic) bond motifs is 1. The maximum atomic E-state index is 5.71. The van der Waals surface area contributed by atoms with Crippen LogP contribution in [0.2, 0.25) is 0 Å². The zero-order valence-electron chi connectivity index (χ0n) is 10.1. The molecular weight excluding hydrogens is 228 g/mol. The van der Waals surface area contributed by atoms with E-state index in [0.29, 0.717) is 18.1 Å². The van der Waals surface area contributed by atoms with Crippen molar-refractivity contribution in [2.75, 3.05) is 5.73 Å². The van der Waals surface area contributed by atoms with E-state index in [4.69, 9.17) is 10.2 Å². The highest BCUT2D eigenvalue weighted by Gasteiger charge is 2.08. The Morgan fingerprint density at radius 1 is 1.39 bits per heavy atom. The minimum atomic E-state index is 0.595. The standard InChI is InChI=1S/C13H14N4O/c1-2-12-15-5-6-17(12)8-13-16-10-4-3-9(14)7-11(10)18-13/h3-7H,2,8,14H2,1H3. The molecule has 3 aromatic rings. The monoisotopic (exact) mass is 242 g/mol. The summed E-state index contributed by atoms with van der Waals surface area (Å²) in [4.78, 5) is 8.71. The molecule has 0 amide bonds. The molecule has 0 spiro atoms. The highest BCUT2D eigenvalue weighted by Crippen LogP contribution is 2.19. The average molecular weight is 242 g/mol. The van der Waals surface area contributed by atoms with Crippen molar-refractivity contribution in [2.45, 2.75) is 19.9 Å². The summed E-state index contributed by atoms with van der Waals surface area (Å²) in [5.41, 5.74) is 7.95. The third-order valence-corrected chi connectivity index (χ3v) is 2.88. The number of nitrogen functional groups attached to an aromatic ring is 1. The quantitative estimate of drug-likeness (QED) is 0.715. The van der Waals surface area contributed by atoms with Gasteiger partial charge < -0.3 is 14.7 Å². The minimum absolute atomic E-state index is 0.595. The number of oxazole rings is 1. The van der Waals surface area contributed by atoms with Gasteiger partial charge in [-0.25, -0.2) is 9.97 Å². The number of aromatic nitrogens is 3. The highest BCUT2D eigenvalue weighted by molar-refractivity contribution is 5.76. The van der Waals surface area contributed by atoms with Gasteiger partial charge in [-0.15, -0.1) is 0 Å². The van der Waals surface area contributed by atoms with E-state index in [2.05, 4.69) is 16.9 Å². The predicted octanol–water partition coefficient (Wildman–Crippen LogP) is 2.22. The van der Waals surface area contributed by atoms with Crippen LogP contribution in [0.3, 0.4) is 0 Å². The van der Waals surface area contributed by atoms with Crippen LogP contribution >= 0.6 is 0 Å². The van der Waals surface area contributed by atoms with Gasteiger partial charge in [0.1, 0.15) is 17.9 Å². The number of anilines is 1. The second-order valence-electron chi connectivity index (χ2n) is 4.16. The molecule has 5 nitrogen and oxygen atoms in total. The summed E-state index contributed by atoms with van der Waals surface area (Å²) in [7, 11) is 0. The topological polar surface area (TPSA) is 69.9 Å². The largest absolute Gasteiger partial charge is 0.439 e. The van der Waals surface area contributed by atoms with Crippen LogP contribution in [0.25, 0.3) is 11.1 Å². The van der Waals surface area contributed by atoms with E-state index < -0.39 is 0 Å². The van der Waals surface area contributed by atoms with Gasteiger partial charge in [0.25, 0.3) is 0 Å². The van der Waals surface area contributed by atoms with E-state index in [-0.39, 0.29) is 0 Å². The van der Waals surface area contributed by atoms with Crippen LogP contribution in [0.1, 0.15) is 18.6 Å². The summed E-state index contributed by atoms with van der Waals surface area (Å²) >= 11 is 0. The van der Waals surface area contributed by atoms with Gasteiger partial charge in [0.2, 0.25) is 5.89 Å². The number of imidazole rings is 1. The lowest BCUT2D eigenvalue weighted by atomic mass is 10.3. The molecule has 0 aliphatic carbocycles. The normalized spacial score (nSPS) is 11.2. The van der Waals surface area contributed by atoms with E-state index in [0.717, 1.165) is 23.3 Å². The summed E-state index contributed by atoms with van der Waals surface area (Å²) in [6.07, 6.45) is 4.61. The fraction of sp³-hybridized carbons (Fsp3) is 0.231. The van der Waals surface area contributed by atoms with E-state index in [1.165, 1.54) is 0 Å². The summed E-state index contributed by atoms with van der Waals surface area (Å²) in [6, 6.07) is 5.48. The Labute approximate surface area is 104 Å². The van der Waals surface area contributed by atoms with Crippen molar-refractivity contribution >= 4 is 16.8 Å². The number of nitrogens with two attached hydrogens (primary N) is 1. The van der Waals surface area contributed by atoms with Crippen molar-refractivity contribution in [3.05, 3.63) is 42.3 Å². The molecule has 2 heterocycles. The van der Waals surface area contributed by atoms with Crippen LogP contribution in [-0.4, -0.2) is 14.5 Å². The Balaban J connectivity index is 1.95. The molecule has 92 valence electrons. The minimum Gasteiger partial charge on any atom is -0.439 e. The van der Waals surface area contributed by atoms with Crippen molar-refractivity contribution in [1.82, 2.24) is 14.5 Å². The Morgan fingerprint density at radius 2 is 2.28 bits per heavy atom. The number of aryl methyl sites for hydroxylation is 1. The zero-order chi connectivity index (χ0) is 12.5. The molecule has 0 aliphatic heterocycles. The third-order valence-electron chi connectivity index (χ3n) is 2.88. The lowest BCUT2D eigenvalue weighted by Crippen LogP contribution is -2.03. The maximum Gasteiger partial charge on any atom is 0.215 e. The second-order valence-corrected chi connectivity index (χ2v) is 4.16. The van der Waals surface area contributed by atoms with Gasteiger partial charge >= 0.3 is 0 Å². The second kappa shape index (κ2) is 4.18. The predicted molar refractivity (Wildman–Crippen MR) is 69.1 cm³/mol. The van der Waals surface area contributed by atoms with Crippen molar-refractivity contribution < 1.29 is 4.42 Å². The van der Waals surface area contributed by atoms with Gasteiger partial charge in [-0.05, 0) is 12.1 Å². The molecule has 3 rings (SSSR count). The van der Waals surface area contributed by atoms with Crippen LogP contribution in [-0.2, 0) is 13.0 Å². The number of benzene rings is 1. The molecule has 0 unspecified atom stereocenters. The molecule has 0 radical (unpaired) electrons. The lowest BCUT2D eigenvalue weighted by molar-refractivity contribution is 0.503. The first-order valence-electron chi connectivity index (χ1n) is 5.91. The summed E-state index contributed by atoms with van der Waals surface area (Å²) in [6.45, 7) is 2.67. The number of nitrogens with zero attached hydrogens (tertiary/aromatic N) is 3. The van der Waals surface area contributed by atoms with E-state index in [1.54, 1.807) is 12.3 Å². The van der Waals surface area contributed by atoms with Crippen LogP contribution in [0, 0.1) is 0 Å². The van der Waals surface area contributed by atoms with Crippen LogP contribution < -0.4 is 5.73 Å². The van der Waals surface area contributed by atoms with Crippen LogP contribution in [0.15, 0.2) is 35.0 Å². The van der Waals surface area contributed by atoms with Crippen molar-refractivity contribution in [2.24, 2.45) is 0 Å². The first-order valence-corrected chi connectivity index (χ1v) is 5.91. The van der Waals surface area contributed by atoms with Gasteiger partial charge in [0, 0.05) is 30.6 Å². The number of rotatable bonds is 3. The Kier molecular flexibility index (Phi) is 2.51. The molecule has 0 saturated carbocycles. The summed E-state index contributed by atoms with van der Waals surface area (Å²) < 4.78 is 7.72. The molecule has 0 aliphatic rings. The van der Waals surface area contributed by atoms with Crippen molar-refractivity contribution in [1.29, 1.82) is 0 Å². The molecule has 2 aromatic heterocycles. The molecule has 0 fully saturated rings. The van der Waals surface area contributed by atoms with Crippen LogP contribution in [0.4, 0.5) is 5.69 Å². The SMILES string of the molecule is CCc1nccn1Cc1nc2ccc(N)cc2o1. The van der Waals surface area contributed by atoms with Crippen molar-refractivity contribution in [3.63, 3.8) is 0 Å². The molecule has 0 atom stereocenters. The smallest absolute Gasteiger partial charge is 0.215 e. The zero-order valence-corrected chi connectivity index (χ0v) is 10.1. The first kappa shape index (κ1) is 10.8. The van der Waals surface area contributed by atoms with Gasteiger partial charge in [0.15, 0.2) is 5.58 Å². The van der Waals surface area contributed by atoms with E-state index >= 15 is 0 Å². The van der Waals surface area contributed by atoms with Gasteiger partial charge in [-0.2, -0.15) is 0 Å². The highest BCUT2D eigenvalue weighted by atomic mass is 16.3. The van der Waals surface area contributed by atoms with E-state index in [9.17, 15) is 0 Å². The molecule has 18 heavy (non-hydrogen) atoms. The molecular formula is C13H14N4O. The van der Waals surface area contributed by atoms with E-state index in [1.807, 2.05) is 22.9 Å². The van der Waals surface area contributed by atoms with Crippen LogP contribution in [0.5, 0.6) is 0 Å². The fourth-order valence-corrected chi connectivity index (χ4v) is 2.00. The van der Waals surface area contributed by atoms with Gasteiger partial charge in [0.05, 0.1) is 0 Å². The Morgan fingerprint density at radius 3 is 3.11 bits per heavy atom. The Bertz CT molecular complexity index is 683. The molecule has 0 bridgehead atoms. The molecule has 0 saturated heterocycles. The van der Waals surface area contributed by atoms with Gasteiger partial charge in [-0.1, -0.05) is 6.92 Å². The Hall–Kier alpha value is -2.30. The van der Waals surface area contributed by atoms with Gasteiger partial charge in [-0.3, -0.25) is 0 Å². The molecule has 5 heteroatoms. The first-order chi connectivity index (χ1) is 8.76. The molecule has 2 N–H and O–H groups in total. The third kappa shape index (κ3) is 1.84. The summed E-state index contributed by atoms with van der Waals surface area (Å²) in [5, 5.41) is 0. The summed E-state index contributed by atoms with van der Waals surface area (Å²) in [5.74, 6) is 1.69. The number of hydrogen-bond acceptors (Lipinski definition) is 4. The average Bonchev–Trinajstić information content (AvgIpc) is 2.94.